The van der Waals surface area contributed by atoms with E-state index in [1.54, 1.807) is 0 Å². The van der Waals surface area contributed by atoms with Crippen molar-refractivity contribution in [2.75, 3.05) is 55.7 Å². The molecule has 2 aromatic rings. The summed E-state index contributed by atoms with van der Waals surface area (Å²) in [5.74, 6) is 0.689. The van der Waals surface area contributed by atoms with Crippen molar-refractivity contribution in [3.05, 3.63) is 51.4 Å². The number of ether oxygens (including phenoxy) is 1. The van der Waals surface area contributed by atoms with Crippen molar-refractivity contribution in [1.82, 2.24) is 14.9 Å². The smallest absolute Gasteiger partial charge is 0.255 e. The Bertz CT molecular complexity index is 898. The topological polar surface area (TPSA) is 64.7 Å². The second-order valence-electron chi connectivity index (χ2n) is 8.24. The first-order valence-electron chi connectivity index (χ1n) is 10.8. The normalized spacial score (nSPS) is 20.1. The fraction of sp³-hybridized carbons (Fsp3) is 0.545. The minimum atomic E-state index is 0.0195. The maximum atomic E-state index is 12.6. The van der Waals surface area contributed by atoms with Gasteiger partial charge >= 0.3 is 0 Å². The predicted molar refractivity (Wildman–Crippen MR) is 114 cm³/mol. The number of fused-ring (bicyclic) bond motifs is 1. The van der Waals surface area contributed by atoms with Gasteiger partial charge in [0.05, 0.1) is 18.9 Å². The summed E-state index contributed by atoms with van der Waals surface area (Å²) in [5, 5.41) is 0. The van der Waals surface area contributed by atoms with Crippen LogP contribution >= 0.6 is 0 Å². The Labute approximate surface area is 171 Å². The summed E-state index contributed by atoms with van der Waals surface area (Å²) in [6.07, 6.45) is 3.36. The third-order valence-corrected chi connectivity index (χ3v) is 6.26. The van der Waals surface area contributed by atoms with Gasteiger partial charge in [-0.25, -0.2) is 4.98 Å². The van der Waals surface area contributed by atoms with Gasteiger partial charge in [0.2, 0.25) is 5.95 Å². The van der Waals surface area contributed by atoms with Crippen molar-refractivity contribution in [3.63, 3.8) is 0 Å². The summed E-state index contributed by atoms with van der Waals surface area (Å²) in [6, 6.07) is 8.98. The van der Waals surface area contributed by atoms with Crippen LogP contribution in [-0.2, 0) is 24.2 Å². The lowest BCUT2D eigenvalue weighted by Gasteiger charge is -2.31. The quantitative estimate of drug-likeness (QED) is 0.851. The van der Waals surface area contributed by atoms with Crippen LogP contribution in [0.2, 0.25) is 0 Å². The average Bonchev–Trinajstić information content (AvgIpc) is 3.30. The molecule has 1 aromatic heterocycles. The van der Waals surface area contributed by atoms with Gasteiger partial charge in [-0.05, 0) is 37.0 Å². The van der Waals surface area contributed by atoms with E-state index in [2.05, 4.69) is 43.9 Å². The molecule has 1 N–H and O–H groups in total. The lowest BCUT2D eigenvalue weighted by atomic mass is 10.1. The lowest BCUT2D eigenvalue weighted by molar-refractivity contribution is 0.122. The standard InChI is InChI=1S/C22H29N5O2/c28-21-19-7-10-25(15-17-3-5-18(6-4-17)26-8-1-2-9-26)16-20(19)23-22(24-21)27-11-13-29-14-12-27/h3-6H,1-2,7-16H2,(H,23,24,28). The summed E-state index contributed by atoms with van der Waals surface area (Å²) in [4.78, 5) is 27.4. The first-order valence-corrected chi connectivity index (χ1v) is 10.8. The monoisotopic (exact) mass is 395 g/mol. The molecule has 0 bridgehead atoms. The Balaban J connectivity index is 1.28. The molecule has 0 aliphatic carbocycles. The molecule has 0 unspecified atom stereocenters. The summed E-state index contributed by atoms with van der Waals surface area (Å²) in [7, 11) is 0. The van der Waals surface area contributed by atoms with Crippen LogP contribution in [0, 0.1) is 0 Å². The zero-order chi connectivity index (χ0) is 19.6. The highest BCUT2D eigenvalue weighted by Gasteiger charge is 2.23. The molecule has 2 saturated heterocycles. The van der Waals surface area contributed by atoms with Crippen LogP contribution in [0.3, 0.4) is 0 Å². The van der Waals surface area contributed by atoms with Crippen LogP contribution in [0.5, 0.6) is 0 Å². The number of benzene rings is 1. The maximum Gasteiger partial charge on any atom is 0.255 e. The van der Waals surface area contributed by atoms with E-state index < -0.39 is 0 Å². The molecule has 5 rings (SSSR count). The Hall–Kier alpha value is -2.38. The molecular formula is C22H29N5O2. The van der Waals surface area contributed by atoms with E-state index in [0.717, 1.165) is 50.4 Å². The van der Waals surface area contributed by atoms with Crippen LogP contribution in [0.15, 0.2) is 29.1 Å². The van der Waals surface area contributed by atoms with E-state index >= 15 is 0 Å². The van der Waals surface area contributed by atoms with E-state index in [0.29, 0.717) is 19.2 Å². The fourth-order valence-electron chi connectivity index (χ4n) is 4.59. The van der Waals surface area contributed by atoms with E-state index in [9.17, 15) is 4.79 Å². The number of aromatic amines is 1. The molecule has 3 aliphatic heterocycles. The molecule has 7 nitrogen and oxygen atoms in total. The first kappa shape index (κ1) is 18.6. The van der Waals surface area contributed by atoms with Gasteiger partial charge in [0.1, 0.15) is 0 Å². The molecule has 0 amide bonds. The average molecular weight is 396 g/mol. The van der Waals surface area contributed by atoms with E-state index in [1.165, 1.54) is 37.2 Å². The van der Waals surface area contributed by atoms with Crippen LogP contribution in [0.4, 0.5) is 11.6 Å². The van der Waals surface area contributed by atoms with Gasteiger partial charge in [0.15, 0.2) is 0 Å². The van der Waals surface area contributed by atoms with Crippen molar-refractivity contribution >= 4 is 11.6 Å². The molecule has 3 aliphatic rings. The van der Waals surface area contributed by atoms with Crippen LogP contribution < -0.4 is 15.4 Å². The minimum absolute atomic E-state index is 0.0195. The number of morpholine rings is 1. The van der Waals surface area contributed by atoms with Gasteiger partial charge in [0.25, 0.3) is 5.56 Å². The fourth-order valence-corrected chi connectivity index (χ4v) is 4.59. The molecule has 29 heavy (non-hydrogen) atoms. The third kappa shape index (κ3) is 4.02. The molecule has 154 valence electrons. The Morgan fingerprint density at radius 1 is 0.966 bits per heavy atom. The Morgan fingerprint density at radius 3 is 2.48 bits per heavy atom. The van der Waals surface area contributed by atoms with Gasteiger partial charge in [-0.1, -0.05) is 12.1 Å². The zero-order valence-corrected chi connectivity index (χ0v) is 16.9. The first-order chi connectivity index (χ1) is 14.3. The molecule has 0 saturated carbocycles. The molecule has 0 radical (unpaired) electrons. The number of rotatable bonds is 4. The van der Waals surface area contributed by atoms with E-state index in [4.69, 9.17) is 9.72 Å². The number of hydrogen-bond donors (Lipinski definition) is 1. The van der Waals surface area contributed by atoms with Crippen molar-refractivity contribution in [2.24, 2.45) is 0 Å². The summed E-state index contributed by atoms with van der Waals surface area (Å²) in [6.45, 7) is 7.76. The second-order valence-corrected chi connectivity index (χ2v) is 8.24. The zero-order valence-electron chi connectivity index (χ0n) is 16.9. The molecule has 0 spiro atoms. The third-order valence-electron chi connectivity index (χ3n) is 6.26. The van der Waals surface area contributed by atoms with Crippen LogP contribution in [0.25, 0.3) is 0 Å². The van der Waals surface area contributed by atoms with Crippen molar-refractivity contribution in [3.8, 4) is 0 Å². The van der Waals surface area contributed by atoms with Gasteiger partial charge in [-0.3, -0.25) is 14.7 Å². The van der Waals surface area contributed by atoms with Crippen molar-refractivity contribution < 1.29 is 4.74 Å². The lowest BCUT2D eigenvalue weighted by Crippen LogP contribution is -2.40. The SMILES string of the molecule is O=c1[nH]c(N2CCOCC2)nc2c1CCN(Cc1ccc(N3CCCC3)cc1)C2. The number of aromatic nitrogens is 2. The molecule has 2 fully saturated rings. The van der Waals surface area contributed by atoms with Gasteiger partial charge in [-0.15, -0.1) is 0 Å². The summed E-state index contributed by atoms with van der Waals surface area (Å²) >= 11 is 0. The molecule has 4 heterocycles. The predicted octanol–water partition coefficient (Wildman–Crippen LogP) is 1.76. The summed E-state index contributed by atoms with van der Waals surface area (Å²) < 4.78 is 5.42. The highest BCUT2D eigenvalue weighted by molar-refractivity contribution is 5.48. The highest BCUT2D eigenvalue weighted by atomic mass is 16.5. The van der Waals surface area contributed by atoms with E-state index in [-0.39, 0.29) is 5.56 Å². The Morgan fingerprint density at radius 2 is 1.72 bits per heavy atom. The number of nitrogens with one attached hydrogen (secondary N) is 1. The van der Waals surface area contributed by atoms with Gasteiger partial charge in [0, 0.05) is 57.1 Å². The number of anilines is 2. The van der Waals surface area contributed by atoms with Gasteiger partial charge < -0.3 is 14.5 Å². The number of hydrogen-bond acceptors (Lipinski definition) is 6. The van der Waals surface area contributed by atoms with Crippen molar-refractivity contribution in [1.29, 1.82) is 0 Å². The van der Waals surface area contributed by atoms with Crippen LogP contribution in [-0.4, -0.2) is 60.8 Å². The van der Waals surface area contributed by atoms with Crippen molar-refractivity contribution in [2.45, 2.75) is 32.4 Å². The number of nitrogens with zero attached hydrogens (tertiary/aromatic N) is 4. The minimum Gasteiger partial charge on any atom is -0.378 e. The second kappa shape index (κ2) is 8.16. The highest BCUT2D eigenvalue weighted by Crippen LogP contribution is 2.23. The Kier molecular flexibility index (Phi) is 5.24. The summed E-state index contributed by atoms with van der Waals surface area (Å²) in [5.41, 5.74) is 4.44. The largest absolute Gasteiger partial charge is 0.378 e. The van der Waals surface area contributed by atoms with Gasteiger partial charge in [-0.2, -0.15) is 0 Å². The van der Waals surface area contributed by atoms with Crippen LogP contribution in [0.1, 0.15) is 29.7 Å². The molecular weight excluding hydrogens is 366 g/mol. The molecule has 1 aromatic carbocycles. The maximum absolute atomic E-state index is 12.6. The molecule has 0 atom stereocenters. The number of H-pyrrole nitrogens is 1. The molecule has 7 heteroatoms. The van der Waals surface area contributed by atoms with E-state index in [1.807, 2.05) is 0 Å².